The summed E-state index contributed by atoms with van der Waals surface area (Å²) < 4.78 is 0. The second-order valence-electron chi connectivity index (χ2n) is 5.60. The van der Waals surface area contributed by atoms with E-state index in [2.05, 4.69) is 15.8 Å². The standard InChI is InChI=1S/C18H16N4O3S/c1-12(20-15-7-6-13-4-2-3-5-14(13)10-15)18(23)21-19-11-16-8-9-17(26-16)22(24)25/h2-12,20H,1H3,(H,21,23)/b19-11-/t12-/m0/s1. The number of rotatable bonds is 6. The lowest BCUT2D eigenvalue weighted by molar-refractivity contribution is -0.380. The van der Waals surface area contributed by atoms with E-state index >= 15 is 0 Å². The zero-order chi connectivity index (χ0) is 18.5. The van der Waals surface area contributed by atoms with Crippen molar-refractivity contribution >= 4 is 44.9 Å². The Labute approximate surface area is 153 Å². The quantitative estimate of drug-likeness (QED) is 0.393. The average molecular weight is 368 g/mol. The fourth-order valence-corrected chi connectivity index (χ4v) is 3.05. The fourth-order valence-electron chi connectivity index (χ4n) is 2.36. The van der Waals surface area contributed by atoms with E-state index in [4.69, 9.17) is 0 Å². The Balaban J connectivity index is 1.58. The number of hydrogen-bond acceptors (Lipinski definition) is 6. The molecule has 132 valence electrons. The van der Waals surface area contributed by atoms with Gasteiger partial charge >= 0.3 is 5.00 Å². The van der Waals surface area contributed by atoms with Crippen molar-refractivity contribution in [3.63, 3.8) is 0 Å². The number of thiophene rings is 1. The third-order valence-electron chi connectivity index (χ3n) is 3.68. The number of nitro groups is 1. The molecule has 0 unspecified atom stereocenters. The van der Waals surface area contributed by atoms with Gasteiger partial charge in [-0.05, 0) is 35.9 Å². The number of hydrogen-bond donors (Lipinski definition) is 2. The summed E-state index contributed by atoms with van der Waals surface area (Å²) in [5, 5.41) is 19.9. The van der Waals surface area contributed by atoms with Crippen molar-refractivity contribution in [3.8, 4) is 0 Å². The first-order chi connectivity index (χ1) is 12.5. The minimum atomic E-state index is -0.494. The molecular weight excluding hydrogens is 352 g/mol. The van der Waals surface area contributed by atoms with E-state index in [0.29, 0.717) is 4.88 Å². The van der Waals surface area contributed by atoms with E-state index in [1.165, 1.54) is 12.3 Å². The summed E-state index contributed by atoms with van der Waals surface area (Å²) >= 11 is 0.989. The Kier molecular flexibility index (Phi) is 5.23. The summed E-state index contributed by atoms with van der Waals surface area (Å²) in [7, 11) is 0. The molecule has 0 bridgehead atoms. The van der Waals surface area contributed by atoms with Gasteiger partial charge < -0.3 is 5.32 Å². The maximum atomic E-state index is 12.1. The Morgan fingerprint density at radius 3 is 2.69 bits per heavy atom. The lowest BCUT2D eigenvalue weighted by Crippen LogP contribution is -2.34. The van der Waals surface area contributed by atoms with Crippen LogP contribution in [-0.2, 0) is 4.79 Å². The molecule has 1 amide bonds. The van der Waals surface area contributed by atoms with Gasteiger partial charge in [-0.1, -0.05) is 41.7 Å². The van der Waals surface area contributed by atoms with Crippen molar-refractivity contribution < 1.29 is 9.72 Å². The van der Waals surface area contributed by atoms with E-state index in [-0.39, 0.29) is 10.9 Å². The Hall–Kier alpha value is -3.26. The Morgan fingerprint density at radius 2 is 1.96 bits per heavy atom. The van der Waals surface area contributed by atoms with E-state index in [1.54, 1.807) is 13.0 Å². The van der Waals surface area contributed by atoms with E-state index < -0.39 is 11.0 Å². The number of carbonyl (C=O) groups excluding carboxylic acids is 1. The molecule has 3 aromatic rings. The van der Waals surface area contributed by atoms with Gasteiger partial charge in [-0.3, -0.25) is 14.9 Å². The van der Waals surface area contributed by atoms with Crippen molar-refractivity contribution in [3.05, 3.63) is 69.6 Å². The molecule has 1 heterocycles. The number of hydrazone groups is 1. The second-order valence-corrected chi connectivity index (χ2v) is 6.69. The number of nitrogens with zero attached hydrogens (tertiary/aromatic N) is 2. The van der Waals surface area contributed by atoms with E-state index in [0.717, 1.165) is 27.8 Å². The smallest absolute Gasteiger partial charge is 0.324 e. The van der Waals surface area contributed by atoms with Crippen molar-refractivity contribution in [2.24, 2.45) is 5.10 Å². The number of fused-ring (bicyclic) bond motifs is 1. The van der Waals surface area contributed by atoms with Gasteiger partial charge in [-0.25, -0.2) is 5.43 Å². The van der Waals surface area contributed by atoms with Crippen LogP contribution in [0, 0.1) is 10.1 Å². The number of carbonyl (C=O) groups is 1. The molecule has 0 radical (unpaired) electrons. The average Bonchev–Trinajstić information content (AvgIpc) is 3.10. The number of amides is 1. The number of nitrogens with one attached hydrogen (secondary N) is 2. The molecule has 2 N–H and O–H groups in total. The molecular formula is C18H16N4O3S. The third-order valence-corrected chi connectivity index (χ3v) is 4.66. The van der Waals surface area contributed by atoms with Gasteiger partial charge in [0.1, 0.15) is 6.04 Å². The highest BCUT2D eigenvalue weighted by atomic mass is 32.1. The molecule has 0 saturated heterocycles. The van der Waals surface area contributed by atoms with Gasteiger partial charge in [0.05, 0.1) is 16.0 Å². The van der Waals surface area contributed by atoms with Crippen LogP contribution in [0.15, 0.2) is 59.7 Å². The van der Waals surface area contributed by atoms with E-state index in [1.807, 2.05) is 42.5 Å². The van der Waals surface area contributed by atoms with Crippen LogP contribution in [0.4, 0.5) is 10.7 Å². The van der Waals surface area contributed by atoms with Crippen LogP contribution in [-0.4, -0.2) is 23.1 Å². The zero-order valence-corrected chi connectivity index (χ0v) is 14.7. The van der Waals surface area contributed by atoms with Crippen molar-refractivity contribution in [1.82, 2.24) is 5.43 Å². The maximum Gasteiger partial charge on any atom is 0.324 e. The monoisotopic (exact) mass is 368 g/mol. The highest BCUT2D eigenvalue weighted by molar-refractivity contribution is 7.16. The normalized spacial score (nSPS) is 12.2. The SMILES string of the molecule is C[C@H](Nc1ccc2ccccc2c1)C(=O)N/N=C\c1ccc([N+](=O)[O-])s1. The van der Waals surface area contributed by atoms with Crippen LogP contribution in [0.1, 0.15) is 11.8 Å². The minimum Gasteiger partial charge on any atom is -0.374 e. The van der Waals surface area contributed by atoms with E-state index in [9.17, 15) is 14.9 Å². The molecule has 0 aliphatic rings. The van der Waals surface area contributed by atoms with Gasteiger partial charge in [-0.2, -0.15) is 5.10 Å². The molecule has 2 aromatic carbocycles. The van der Waals surface area contributed by atoms with Gasteiger partial charge in [0.2, 0.25) is 0 Å². The predicted octanol–water partition coefficient (Wildman–Crippen LogP) is 3.76. The highest BCUT2D eigenvalue weighted by Gasteiger charge is 2.12. The summed E-state index contributed by atoms with van der Waals surface area (Å²) in [4.78, 5) is 22.9. The molecule has 0 aliphatic carbocycles. The summed E-state index contributed by atoms with van der Waals surface area (Å²) in [5.41, 5.74) is 3.27. The van der Waals surface area contributed by atoms with Gasteiger partial charge in [-0.15, -0.1) is 0 Å². The van der Waals surface area contributed by atoms with Crippen molar-refractivity contribution in [1.29, 1.82) is 0 Å². The summed E-state index contributed by atoms with van der Waals surface area (Å²) in [6.07, 6.45) is 1.39. The lowest BCUT2D eigenvalue weighted by atomic mass is 10.1. The predicted molar refractivity (Wildman–Crippen MR) is 104 cm³/mol. The Bertz CT molecular complexity index is 983. The largest absolute Gasteiger partial charge is 0.374 e. The molecule has 0 spiro atoms. The first-order valence-corrected chi connectivity index (χ1v) is 8.67. The van der Waals surface area contributed by atoms with Crippen LogP contribution in [0.3, 0.4) is 0 Å². The minimum absolute atomic E-state index is 0.0316. The topological polar surface area (TPSA) is 96.6 Å². The van der Waals surface area contributed by atoms with Crippen LogP contribution in [0.2, 0.25) is 0 Å². The molecule has 7 nitrogen and oxygen atoms in total. The second kappa shape index (κ2) is 7.75. The van der Waals surface area contributed by atoms with Crippen LogP contribution in [0.25, 0.3) is 10.8 Å². The summed E-state index contributed by atoms with van der Waals surface area (Å²) in [6.45, 7) is 1.73. The number of benzene rings is 2. The molecule has 1 atom stereocenters. The van der Waals surface area contributed by atoms with Crippen molar-refractivity contribution in [2.75, 3.05) is 5.32 Å². The Morgan fingerprint density at radius 1 is 1.19 bits per heavy atom. The molecule has 3 rings (SSSR count). The van der Waals surface area contributed by atoms with Crippen molar-refractivity contribution in [2.45, 2.75) is 13.0 Å². The van der Waals surface area contributed by atoms with Crippen LogP contribution < -0.4 is 10.7 Å². The summed E-state index contributed by atoms with van der Waals surface area (Å²) in [5.74, 6) is -0.305. The van der Waals surface area contributed by atoms with Gasteiger partial charge in [0.15, 0.2) is 0 Å². The molecule has 0 fully saturated rings. The van der Waals surface area contributed by atoms with Crippen LogP contribution in [0.5, 0.6) is 0 Å². The van der Waals surface area contributed by atoms with Crippen LogP contribution >= 0.6 is 11.3 Å². The maximum absolute atomic E-state index is 12.1. The highest BCUT2D eigenvalue weighted by Crippen LogP contribution is 2.22. The lowest BCUT2D eigenvalue weighted by Gasteiger charge is -2.14. The zero-order valence-electron chi connectivity index (χ0n) is 13.9. The molecule has 0 aliphatic heterocycles. The first-order valence-electron chi connectivity index (χ1n) is 7.85. The summed E-state index contributed by atoms with van der Waals surface area (Å²) in [6, 6.07) is 16.3. The third kappa shape index (κ3) is 4.22. The fraction of sp³-hybridized carbons (Fsp3) is 0.111. The molecule has 0 saturated carbocycles. The molecule has 8 heteroatoms. The molecule has 26 heavy (non-hydrogen) atoms. The number of anilines is 1. The van der Waals surface area contributed by atoms with Gasteiger partial charge in [0.25, 0.3) is 5.91 Å². The molecule has 1 aromatic heterocycles. The van der Waals surface area contributed by atoms with Gasteiger partial charge in [0, 0.05) is 11.8 Å². The first kappa shape index (κ1) is 17.6.